The molecule has 1 aliphatic heterocycles. The second kappa shape index (κ2) is 9.27. The van der Waals surface area contributed by atoms with Gasteiger partial charge in [0.25, 0.3) is 5.56 Å². The van der Waals surface area contributed by atoms with Crippen LogP contribution in [0.2, 0.25) is 0 Å². The maximum absolute atomic E-state index is 13.0. The summed E-state index contributed by atoms with van der Waals surface area (Å²) in [5, 5.41) is 15.2. The molecule has 11 nitrogen and oxygen atoms in total. The number of likely N-dealkylation sites (tertiary alicyclic amines) is 1. The first-order valence-electron chi connectivity index (χ1n) is 12.5. The Labute approximate surface area is 216 Å². The summed E-state index contributed by atoms with van der Waals surface area (Å²) in [6.07, 6.45) is 9.37. The van der Waals surface area contributed by atoms with Gasteiger partial charge in [-0.15, -0.1) is 11.3 Å². The fourth-order valence-electron chi connectivity index (χ4n) is 4.99. The molecule has 192 valence electrons. The van der Waals surface area contributed by atoms with Crippen molar-refractivity contribution < 1.29 is 4.79 Å². The van der Waals surface area contributed by atoms with Crippen molar-refractivity contribution in [3.8, 4) is 10.4 Å². The number of anilines is 1. The van der Waals surface area contributed by atoms with Gasteiger partial charge in [0, 0.05) is 37.6 Å². The average molecular weight is 520 g/mol. The molecule has 2 amide bonds. The van der Waals surface area contributed by atoms with Crippen LogP contribution in [0.1, 0.15) is 26.7 Å². The maximum Gasteiger partial charge on any atom is 0.319 e. The molecule has 1 aliphatic rings. The first-order chi connectivity index (χ1) is 17.9. The third-order valence-corrected chi connectivity index (χ3v) is 8.22. The molecule has 5 aromatic heterocycles. The fraction of sp³-hybridized carbons (Fsp3) is 0.400. The van der Waals surface area contributed by atoms with E-state index in [0.29, 0.717) is 46.1 Å². The summed E-state index contributed by atoms with van der Waals surface area (Å²) >= 11 is 1.48. The van der Waals surface area contributed by atoms with Gasteiger partial charge >= 0.3 is 6.03 Å². The summed E-state index contributed by atoms with van der Waals surface area (Å²) in [6, 6.07) is 2.01. The van der Waals surface area contributed by atoms with Gasteiger partial charge in [-0.3, -0.25) is 14.5 Å². The van der Waals surface area contributed by atoms with Gasteiger partial charge in [0.2, 0.25) is 0 Å². The van der Waals surface area contributed by atoms with Crippen molar-refractivity contribution in [1.82, 2.24) is 39.6 Å². The number of pyridine rings is 2. The van der Waals surface area contributed by atoms with E-state index in [4.69, 9.17) is 0 Å². The zero-order chi connectivity index (χ0) is 25.7. The van der Waals surface area contributed by atoms with Crippen molar-refractivity contribution in [1.29, 1.82) is 0 Å². The van der Waals surface area contributed by atoms with E-state index in [2.05, 4.69) is 49.5 Å². The minimum absolute atomic E-state index is 0.242. The summed E-state index contributed by atoms with van der Waals surface area (Å²) in [7, 11) is 1.86. The van der Waals surface area contributed by atoms with Crippen LogP contribution in [0.3, 0.4) is 0 Å². The lowest BCUT2D eigenvalue weighted by Gasteiger charge is -2.34. The quantitative estimate of drug-likeness (QED) is 0.327. The molecule has 0 unspecified atom stereocenters. The van der Waals surface area contributed by atoms with Crippen molar-refractivity contribution in [3.05, 3.63) is 41.2 Å². The van der Waals surface area contributed by atoms with Crippen LogP contribution in [-0.4, -0.2) is 66.0 Å². The van der Waals surface area contributed by atoms with Crippen LogP contribution in [-0.2, 0) is 7.05 Å². The van der Waals surface area contributed by atoms with Gasteiger partial charge in [-0.05, 0) is 51.8 Å². The highest BCUT2D eigenvalue weighted by Crippen LogP contribution is 2.33. The molecule has 3 N–H and O–H groups in total. The molecule has 1 fully saturated rings. The van der Waals surface area contributed by atoms with Crippen molar-refractivity contribution in [2.24, 2.45) is 13.0 Å². The SMILES string of the molecule is CC(C)N1CCC(CNC(=O)Nc2cnc3c(c2)[nH]c(=O)c2c3nn3cc(-c4cnn(C)c4)sc23)CC1. The van der Waals surface area contributed by atoms with Gasteiger partial charge in [0.15, 0.2) is 0 Å². The number of hydrogen-bond donors (Lipinski definition) is 3. The summed E-state index contributed by atoms with van der Waals surface area (Å²) < 4.78 is 3.46. The number of carbonyl (C=O) groups is 1. The number of hydrogen-bond acceptors (Lipinski definition) is 7. The van der Waals surface area contributed by atoms with E-state index >= 15 is 0 Å². The third-order valence-electron chi connectivity index (χ3n) is 7.08. The number of aromatic amines is 1. The molecular formula is C25H29N9O2S. The molecular weight excluding hydrogens is 490 g/mol. The minimum atomic E-state index is -0.277. The van der Waals surface area contributed by atoms with Crippen molar-refractivity contribution in [2.45, 2.75) is 32.7 Å². The zero-order valence-corrected chi connectivity index (χ0v) is 21.8. The molecule has 37 heavy (non-hydrogen) atoms. The van der Waals surface area contributed by atoms with Crippen molar-refractivity contribution >= 4 is 49.8 Å². The molecule has 0 saturated carbocycles. The number of rotatable bonds is 5. The number of urea groups is 1. The molecule has 6 rings (SSSR count). The smallest absolute Gasteiger partial charge is 0.319 e. The van der Waals surface area contributed by atoms with Crippen molar-refractivity contribution in [3.63, 3.8) is 0 Å². The highest BCUT2D eigenvalue weighted by Gasteiger charge is 2.21. The van der Waals surface area contributed by atoms with Crippen LogP contribution < -0.4 is 16.2 Å². The molecule has 0 spiro atoms. The van der Waals surface area contributed by atoms with E-state index in [0.717, 1.165) is 41.2 Å². The summed E-state index contributed by atoms with van der Waals surface area (Å²) in [5.74, 6) is 0.480. The molecule has 0 radical (unpaired) electrons. The second-order valence-electron chi connectivity index (χ2n) is 9.95. The number of amides is 2. The Morgan fingerprint density at radius 3 is 2.76 bits per heavy atom. The number of H-pyrrole nitrogens is 1. The highest BCUT2D eigenvalue weighted by atomic mass is 32.1. The normalized spacial score (nSPS) is 15.4. The molecule has 0 bridgehead atoms. The van der Waals surface area contributed by atoms with E-state index in [9.17, 15) is 9.59 Å². The van der Waals surface area contributed by atoms with E-state index in [-0.39, 0.29) is 11.6 Å². The van der Waals surface area contributed by atoms with Crippen LogP contribution in [0, 0.1) is 5.92 Å². The molecule has 5 aromatic rings. The Kier molecular flexibility index (Phi) is 5.92. The number of aromatic nitrogens is 6. The van der Waals surface area contributed by atoms with Crippen LogP contribution in [0.15, 0.2) is 35.6 Å². The Morgan fingerprint density at radius 2 is 2.03 bits per heavy atom. The number of piperidine rings is 1. The Hall–Kier alpha value is -3.77. The third kappa shape index (κ3) is 4.46. The van der Waals surface area contributed by atoms with Crippen LogP contribution in [0.5, 0.6) is 0 Å². The summed E-state index contributed by atoms with van der Waals surface area (Å²) in [5.41, 5.74) is 2.87. The van der Waals surface area contributed by atoms with E-state index < -0.39 is 0 Å². The van der Waals surface area contributed by atoms with E-state index in [1.165, 1.54) is 11.3 Å². The van der Waals surface area contributed by atoms with Gasteiger partial charge in [0.1, 0.15) is 21.3 Å². The lowest BCUT2D eigenvalue weighted by atomic mass is 9.96. The van der Waals surface area contributed by atoms with Gasteiger partial charge in [0.05, 0.1) is 28.5 Å². The number of thiazole rings is 1. The number of carbonyl (C=O) groups excluding carboxylic acids is 1. The molecule has 0 aliphatic carbocycles. The molecule has 0 atom stereocenters. The predicted molar refractivity (Wildman–Crippen MR) is 145 cm³/mol. The Balaban J connectivity index is 1.19. The topological polar surface area (TPSA) is 125 Å². The molecule has 6 heterocycles. The largest absolute Gasteiger partial charge is 0.338 e. The summed E-state index contributed by atoms with van der Waals surface area (Å²) in [4.78, 5) is 37.2. The minimum Gasteiger partial charge on any atom is -0.338 e. The predicted octanol–water partition coefficient (Wildman–Crippen LogP) is 3.43. The zero-order valence-electron chi connectivity index (χ0n) is 21.0. The van der Waals surface area contributed by atoms with Crippen LogP contribution in [0.4, 0.5) is 10.5 Å². The number of nitrogens with zero attached hydrogens (tertiary/aromatic N) is 6. The molecule has 0 aromatic carbocycles. The number of nitrogens with one attached hydrogen (secondary N) is 3. The lowest BCUT2D eigenvalue weighted by molar-refractivity contribution is 0.149. The monoisotopic (exact) mass is 519 g/mol. The molecule has 1 saturated heterocycles. The Morgan fingerprint density at radius 1 is 1.22 bits per heavy atom. The van der Waals surface area contributed by atoms with Gasteiger partial charge < -0.3 is 20.5 Å². The fourth-order valence-corrected chi connectivity index (χ4v) is 6.05. The van der Waals surface area contributed by atoms with Gasteiger partial charge in [-0.25, -0.2) is 9.31 Å². The average Bonchev–Trinajstić information content (AvgIpc) is 3.57. The van der Waals surface area contributed by atoms with Crippen LogP contribution >= 0.6 is 11.3 Å². The molecule has 12 heteroatoms. The second-order valence-corrected chi connectivity index (χ2v) is 11.0. The standard InChI is InChI=1S/C25H29N9O2S/c1-14(2)33-6-4-15(5-7-33)9-27-25(36)29-17-8-18-21(26-11-17)22-20(23(35)30-18)24-34(31-22)13-19(37-24)16-10-28-32(3)12-16/h8,10-15H,4-7,9H2,1-3H3,(H,30,35)(H2,27,29,36). The number of aryl methyl sites for hydroxylation is 1. The van der Waals surface area contributed by atoms with E-state index in [1.807, 2.05) is 19.4 Å². The van der Waals surface area contributed by atoms with Gasteiger partial charge in [-0.2, -0.15) is 10.2 Å². The first kappa shape index (κ1) is 23.6. The van der Waals surface area contributed by atoms with Crippen LogP contribution in [0.25, 0.3) is 37.2 Å². The van der Waals surface area contributed by atoms with Gasteiger partial charge in [-0.1, -0.05) is 0 Å². The highest BCUT2D eigenvalue weighted by molar-refractivity contribution is 7.21. The maximum atomic E-state index is 13.0. The van der Waals surface area contributed by atoms with Crippen molar-refractivity contribution in [2.75, 3.05) is 25.0 Å². The van der Waals surface area contributed by atoms with E-state index in [1.54, 1.807) is 27.7 Å². The summed E-state index contributed by atoms with van der Waals surface area (Å²) in [6.45, 7) is 7.22. The first-order valence-corrected chi connectivity index (χ1v) is 13.3. The Bertz CT molecular complexity index is 1670. The number of fused-ring (bicyclic) bond motifs is 5. The lowest BCUT2D eigenvalue weighted by Crippen LogP contribution is -2.42.